The Morgan fingerprint density at radius 3 is 2.46 bits per heavy atom. The molecule has 132 valence electrons. The summed E-state index contributed by atoms with van der Waals surface area (Å²) in [5.74, 6) is 0.289. The number of rotatable bonds is 5. The van der Waals surface area contributed by atoms with Gasteiger partial charge in [0.1, 0.15) is 11.8 Å². The zero-order valence-electron chi connectivity index (χ0n) is 14.9. The van der Waals surface area contributed by atoms with E-state index < -0.39 is 0 Å². The zero-order chi connectivity index (χ0) is 17.8. The van der Waals surface area contributed by atoms with Gasteiger partial charge in [0.15, 0.2) is 0 Å². The molecule has 1 atom stereocenters. The lowest BCUT2D eigenvalue weighted by molar-refractivity contribution is -0.918. The fourth-order valence-electron chi connectivity index (χ4n) is 4.00. The summed E-state index contributed by atoms with van der Waals surface area (Å²) in [6, 6.07) is 22.9. The van der Waals surface area contributed by atoms with E-state index >= 15 is 0 Å². The highest BCUT2D eigenvalue weighted by molar-refractivity contribution is 6.02. The Morgan fingerprint density at radius 1 is 0.923 bits per heavy atom. The Kier molecular flexibility index (Phi) is 4.98. The smallest absolute Gasteiger partial charge is 0.133 e. The molecule has 26 heavy (non-hydrogen) atoms. The fraction of sp³-hybridized carbons (Fsp3) is 0.261. The van der Waals surface area contributed by atoms with Gasteiger partial charge in [-0.1, -0.05) is 60.7 Å². The van der Waals surface area contributed by atoms with Gasteiger partial charge in [-0.2, -0.15) is 0 Å². The van der Waals surface area contributed by atoms with E-state index in [2.05, 4.69) is 36.4 Å². The number of nitrogens with one attached hydrogen (secondary N) is 1. The molecule has 2 N–H and O–H groups in total. The first kappa shape index (κ1) is 16.8. The van der Waals surface area contributed by atoms with Crippen LogP contribution in [0, 0.1) is 0 Å². The first-order valence-corrected chi connectivity index (χ1v) is 9.43. The van der Waals surface area contributed by atoms with Gasteiger partial charge in [0.2, 0.25) is 0 Å². The molecule has 1 aliphatic heterocycles. The highest BCUT2D eigenvalue weighted by Gasteiger charge is 2.26. The van der Waals surface area contributed by atoms with Gasteiger partial charge in [-0.3, -0.25) is 4.99 Å². The molecule has 1 saturated heterocycles. The molecule has 0 saturated carbocycles. The quantitative estimate of drug-likeness (QED) is 0.684. The molecule has 3 heteroatoms. The van der Waals surface area contributed by atoms with E-state index in [-0.39, 0.29) is 5.75 Å². The predicted molar refractivity (Wildman–Crippen MR) is 107 cm³/mol. The summed E-state index contributed by atoms with van der Waals surface area (Å²) in [7, 11) is 0. The van der Waals surface area contributed by atoms with Crippen molar-refractivity contribution in [3.63, 3.8) is 0 Å². The second kappa shape index (κ2) is 7.71. The van der Waals surface area contributed by atoms with Crippen molar-refractivity contribution in [1.82, 2.24) is 0 Å². The fourth-order valence-corrected chi connectivity index (χ4v) is 4.00. The van der Waals surface area contributed by atoms with Crippen molar-refractivity contribution in [1.29, 1.82) is 0 Å². The Bertz CT molecular complexity index is 898. The van der Waals surface area contributed by atoms with Crippen LogP contribution in [0.2, 0.25) is 0 Å². The lowest BCUT2D eigenvalue weighted by Crippen LogP contribution is -3.10. The summed E-state index contributed by atoms with van der Waals surface area (Å²) in [5.41, 5.74) is 2.16. The molecule has 3 aromatic carbocycles. The molecule has 3 nitrogen and oxygen atoms in total. The van der Waals surface area contributed by atoms with Gasteiger partial charge in [-0.05, 0) is 16.8 Å². The molecule has 1 aliphatic rings. The summed E-state index contributed by atoms with van der Waals surface area (Å²) in [5, 5.41) is 12.5. The van der Waals surface area contributed by atoms with Crippen molar-refractivity contribution >= 4 is 17.0 Å². The van der Waals surface area contributed by atoms with Gasteiger partial charge in [0.25, 0.3) is 0 Å². The third-order valence-corrected chi connectivity index (χ3v) is 5.40. The number of hydrogen-bond acceptors (Lipinski definition) is 2. The number of nitrogens with zero attached hydrogens (tertiary/aromatic N) is 1. The SMILES string of the molecule is Oc1ccc2ccccc2c1C=NC[C@@H](c1ccccc1)[NH+]1CCCC1. The van der Waals surface area contributed by atoms with Gasteiger partial charge < -0.3 is 10.0 Å². The number of benzene rings is 3. The van der Waals surface area contributed by atoms with Crippen LogP contribution >= 0.6 is 0 Å². The summed E-state index contributed by atoms with van der Waals surface area (Å²) < 4.78 is 0. The van der Waals surface area contributed by atoms with E-state index in [1.165, 1.54) is 31.5 Å². The van der Waals surface area contributed by atoms with Crippen molar-refractivity contribution in [2.24, 2.45) is 4.99 Å². The number of likely N-dealkylation sites (tertiary alicyclic amines) is 1. The third kappa shape index (κ3) is 3.49. The summed E-state index contributed by atoms with van der Waals surface area (Å²) in [6.45, 7) is 3.17. The van der Waals surface area contributed by atoms with Crippen LogP contribution in [-0.2, 0) is 0 Å². The van der Waals surface area contributed by atoms with Crippen molar-refractivity contribution in [3.05, 3.63) is 77.9 Å². The Balaban J connectivity index is 1.61. The van der Waals surface area contributed by atoms with E-state index in [0.717, 1.165) is 22.9 Å². The summed E-state index contributed by atoms with van der Waals surface area (Å²) >= 11 is 0. The van der Waals surface area contributed by atoms with Gasteiger partial charge >= 0.3 is 0 Å². The molecule has 0 radical (unpaired) electrons. The normalized spacial score (nSPS) is 16.5. The minimum Gasteiger partial charge on any atom is -0.507 e. The minimum atomic E-state index is 0.289. The molecule has 0 amide bonds. The van der Waals surface area contributed by atoms with Crippen molar-refractivity contribution < 1.29 is 10.0 Å². The maximum atomic E-state index is 10.3. The van der Waals surface area contributed by atoms with Crippen LogP contribution in [0.1, 0.15) is 30.0 Å². The van der Waals surface area contributed by atoms with E-state index in [0.29, 0.717) is 6.04 Å². The molecule has 0 aromatic heterocycles. The molecular formula is C23H25N2O+. The standard InChI is InChI=1S/C23H24N2O/c26-23-13-12-18-8-4-5-11-20(18)21(23)16-24-17-22(25-14-6-7-15-25)19-9-2-1-3-10-19/h1-5,8-13,16,22,26H,6-7,14-15,17H2/p+1/t22-/m0/s1. The van der Waals surface area contributed by atoms with Crippen LogP contribution in [-0.4, -0.2) is 31.0 Å². The van der Waals surface area contributed by atoms with Gasteiger partial charge in [0.05, 0.1) is 19.6 Å². The maximum Gasteiger partial charge on any atom is 0.133 e. The third-order valence-electron chi connectivity index (χ3n) is 5.40. The van der Waals surface area contributed by atoms with Crippen LogP contribution in [0.15, 0.2) is 71.7 Å². The van der Waals surface area contributed by atoms with Crippen molar-refractivity contribution in [2.75, 3.05) is 19.6 Å². The van der Waals surface area contributed by atoms with E-state index in [1.807, 2.05) is 30.5 Å². The number of phenols is 1. The van der Waals surface area contributed by atoms with Crippen LogP contribution in [0.25, 0.3) is 10.8 Å². The molecular weight excluding hydrogens is 320 g/mol. The molecule has 3 aromatic rings. The number of phenolic OH excluding ortho intramolecular Hbond substituents is 1. The van der Waals surface area contributed by atoms with Crippen molar-refractivity contribution in [2.45, 2.75) is 18.9 Å². The highest BCUT2D eigenvalue weighted by Crippen LogP contribution is 2.25. The number of aliphatic imine (C=N–C) groups is 1. The second-order valence-electron chi connectivity index (χ2n) is 7.04. The van der Waals surface area contributed by atoms with Gasteiger partial charge in [-0.15, -0.1) is 0 Å². The largest absolute Gasteiger partial charge is 0.507 e. The van der Waals surface area contributed by atoms with Crippen LogP contribution in [0.3, 0.4) is 0 Å². The number of aromatic hydroxyl groups is 1. The molecule has 0 unspecified atom stereocenters. The lowest BCUT2D eigenvalue weighted by Gasteiger charge is -2.23. The molecule has 4 rings (SSSR count). The molecule has 0 spiro atoms. The Labute approximate surface area is 154 Å². The number of hydrogen-bond donors (Lipinski definition) is 2. The predicted octanol–water partition coefficient (Wildman–Crippen LogP) is 3.38. The maximum absolute atomic E-state index is 10.3. The topological polar surface area (TPSA) is 37.0 Å². The average Bonchev–Trinajstić information content (AvgIpc) is 3.22. The second-order valence-corrected chi connectivity index (χ2v) is 7.04. The van der Waals surface area contributed by atoms with E-state index in [9.17, 15) is 5.11 Å². The molecule has 0 bridgehead atoms. The zero-order valence-corrected chi connectivity index (χ0v) is 14.9. The molecule has 1 fully saturated rings. The minimum absolute atomic E-state index is 0.289. The summed E-state index contributed by atoms with van der Waals surface area (Å²) in [4.78, 5) is 6.39. The summed E-state index contributed by atoms with van der Waals surface area (Å²) in [6.07, 6.45) is 4.45. The first-order valence-electron chi connectivity index (χ1n) is 9.43. The van der Waals surface area contributed by atoms with Crippen molar-refractivity contribution in [3.8, 4) is 5.75 Å². The van der Waals surface area contributed by atoms with E-state index in [1.54, 1.807) is 11.0 Å². The molecule has 1 heterocycles. The first-order chi connectivity index (χ1) is 12.8. The van der Waals surface area contributed by atoms with Crippen LogP contribution in [0.5, 0.6) is 5.75 Å². The lowest BCUT2D eigenvalue weighted by atomic mass is 10.0. The van der Waals surface area contributed by atoms with Crippen LogP contribution < -0.4 is 4.90 Å². The Hall–Kier alpha value is -2.65. The van der Waals surface area contributed by atoms with Gasteiger partial charge in [0, 0.05) is 30.2 Å². The monoisotopic (exact) mass is 345 g/mol. The number of quaternary nitrogens is 1. The van der Waals surface area contributed by atoms with Crippen LogP contribution in [0.4, 0.5) is 0 Å². The highest BCUT2D eigenvalue weighted by atomic mass is 16.3. The Morgan fingerprint density at radius 2 is 1.65 bits per heavy atom. The van der Waals surface area contributed by atoms with E-state index in [4.69, 9.17) is 4.99 Å². The van der Waals surface area contributed by atoms with Gasteiger partial charge in [-0.25, -0.2) is 0 Å². The average molecular weight is 345 g/mol. The number of fused-ring (bicyclic) bond motifs is 1. The molecule has 0 aliphatic carbocycles.